The molecule has 0 saturated heterocycles. The van der Waals surface area contributed by atoms with Crippen LogP contribution in [0.4, 0.5) is 11.5 Å². The largest absolute Gasteiger partial charge is 0.338 e. The summed E-state index contributed by atoms with van der Waals surface area (Å²) in [7, 11) is -3.31. The maximum Gasteiger partial charge on any atom is 0.261 e. The number of fused-ring (bicyclic) bond motifs is 2. The Labute approximate surface area is 179 Å². The number of H-pyrrole nitrogens is 1. The molecule has 160 valence electrons. The van der Waals surface area contributed by atoms with Gasteiger partial charge in [0.05, 0.1) is 34.2 Å². The van der Waals surface area contributed by atoms with E-state index in [2.05, 4.69) is 16.4 Å². The summed E-state index contributed by atoms with van der Waals surface area (Å²) < 4.78 is 27.0. The SMILES string of the molecule is C[C@@H]1[C@@H](C)c2cc(Nc3nn(C(CC#N)C4CC4)c4cc[nH]c(=O)c34)ccc2S1(=O)=O. The van der Waals surface area contributed by atoms with Crippen LogP contribution in [0.25, 0.3) is 10.9 Å². The van der Waals surface area contributed by atoms with Gasteiger partial charge in [0.25, 0.3) is 5.56 Å². The van der Waals surface area contributed by atoms with E-state index in [-0.39, 0.29) is 17.5 Å². The Morgan fingerprint density at radius 1 is 1.32 bits per heavy atom. The molecule has 1 unspecified atom stereocenters. The van der Waals surface area contributed by atoms with Crippen molar-refractivity contribution in [3.63, 3.8) is 0 Å². The van der Waals surface area contributed by atoms with Gasteiger partial charge in [0, 0.05) is 11.9 Å². The molecule has 1 fully saturated rings. The number of hydrogen-bond acceptors (Lipinski definition) is 6. The molecule has 2 aromatic heterocycles. The monoisotopic (exact) mass is 437 g/mol. The predicted octanol–water partition coefficient (Wildman–Crippen LogP) is 3.61. The van der Waals surface area contributed by atoms with Gasteiger partial charge in [-0.2, -0.15) is 10.4 Å². The highest BCUT2D eigenvalue weighted by Gasteiger charge is 2.39. The van der Waals surface area contributed by atoms with Gasteiger partial charge < -0.3 is 10.3 Å². The zero-order chi connectivity index (χ0) is 21.9. The maximum atomic E-state index is 12.6. The Hall–Kier alpha value is -3.12. The maximum absolute atomic E-state index is 12.6. The van der Waals surface area contributed by atoms with E-state index in [1.54, 1.807) is 36.0 Å². The first-order valence-corrected chi connectivity index (χ1v) is 12.0. The van der Waals surface area contributed by atoms with Crippen molar-refractivity contribution in [2.75, 3.05) is 5.32 Å². The van der Waals surface area contributed by atoms with Crippen LogP contribution >= 0.6 is 0 Å². The van der Waals surface area contributed by atoms with Crippen LogP contribution in [0.2, 0.25) is 0 Å². The summed E-state index contributed by atoms with van der Waals surface area (Å²) in [4.78, 5) is 15.7. The second kappa shape index (κ2) is 6.95. The summed E-state index contributed by atoms with van der Waals surface area (Å²) in [6, 6.07) is 9.14. The molecule has 3 heterocycles. The van der Waals surface area contributed by atoms with E-state index < -0.39 is 15.1 Å². The van der Waals surface area contributed by atoms with E-state index in [0.717, 1.165) is 18.4 Å². The first-order chi connectivity index (χ1) is 14.8. The van der Waals surface area contributed by atoms with Crippen molar-refractivity contribution in [3.8, 4) is 6.07 Å². The van der Waals surface area contributed by atoms with E-state index in [4.69, 9.17) is 5.10 Å². The van der Waals surface area contributed by atoms with Crippen molar-refractivity contribution in [1.29, 1.82) is 5.26 Å². The van der Waals surface area contributed by atoms with Gasteiger partial charge >= 0.3 is 0 Å². The Morgan fingerprint density at radius 3 is 2.81 bits per heavy atom. The van der Waals surface area contributed by atoms with E-state index in [1.807, 2.05) is 13.0 Å². The number of benzene rings is 1. The highest BCUT2D eigenvalue weighted by Crippen LogP contribution is 2.44. The number of nitrogens with zero attached hydrogens (tertiary/aromatic N) is 3. The van der Waals surface area contributed by atoms with Gasteiger partial charge in [0.1, 0.15) is 5.39 Å². The number of hydrogen-bond donors (Lipinski definition) is 2. The molecule has 8 nitrogen and oxygen atoms in total. The lowest BCUT2D eigenvalue weighted by molar-refractivity contribution is 0.426. The first kappa shape index (κ1) is 19.8. The quantitative estimate of drug-likeness (QED) is 0.629. The third-order valence-electron chi connectivity index (χ3n) is 6.67. The molecular formula is C22H23N5O3S. The van der Waals surface area contributed by atoms with Crippen LogP contribution < -0.4 is 10.9 Å². The molecule has 0 spiro atoms. The van der Waals surface area contributed by atoms with E-state index in [1.165, 1.54) is 0 Å². The molecule has 3 aromatic rings. The molecule has 2 aliphatic rings. The van der Waals surface area contributed by atoms with Gasteiger partial charge in [-0.1, -0.05) is 6.92 Å². The molecule has 0 amide bonds. The van der Waals surface area contributed by atoms with Gasteiger partial charge in [-0.25, -0.2) is 8.42 Å². The zero-order valence-electron chi connectivity index (χ0n) is 17.3. The topological polar surface area (TPSA) is 121 Å². The highest BCUT2D eigenvalue weighted by molar-refractivity contribution is 7.92. The van der Waals surface area contributed by atoms with Crippen molar-refractivity contribution in [3.05, 3.63) is 46.4 Å². The third kappa shape index (κ3) is 3.05. The van der Waals surface area contributed by atoms with Crippen molar-refractivity contribution < 1.29 is 8.42 Å². The number of sulfone groups is 1. The van der Waals surface area contributed by atoms with Crippen LogP contribution in [0.3, 0.4) is 0 Å². The normalized spacial score (nSPS) is 22.7. The summed E-state index contributed by atoms with van der Waals surface area (Å²) in [5.41, 5.74) is 1.87. The summed E-state index contributed by atoms with van der Waals surface area (Å²) in [5.74, 6) is 0.679. The molecule has 3 atom stereocenters. The Kier molecular flexibility index (Phi) is 4.45. The summed E-state index contributed by atoms with van der Waals surface area (Å²) in [6.07, 6.45) is 4.02. The molecule has 1 saturated carbocycles. The number of nitriles is 1. The molecule has 2 N–H and O–H groups in total. The Balaban J connectivity index is 1.60. The molecule has 1 aliphatic carbocycles. The molecular weight excluding hydrogens is 414 g/mol. The number of aromatic nitrogens is 3. The average molecular weight is 438 g/mol. The average Bonchev–Trinajstić information content (AvgIpc) is 3.50. The number of anilines is 2. The minimum atomic E-state index is -3.31. The van der Waals surface area contributed by atoms with Crippen molar-refractivity contribution in [2.24, 2.45) is 5.92 Å². The number of nitrogens with one attached hydrogen (secondary N) is 2. The van der Waals surface area contributed by atoms with Crippen LogP contribution in [0.15, 0.2) is 40.2 Å². The standard InChI is InChI=1S/C22H23N5O3S/c1-12-13(2)31(29,30)19-6-5-15(11-16(12)19)25-21-20-18(8-10-24-22(20)28)27(26-21)17(7-9-23)14-3-4-14/h5-6,8,10-14,17H,3-4,7H2,1-2H3,(H,24,28)(H,25,26)/t12-,13-,17?/m1/s1. The van der Waals surface area contributed by atoms with E-state index in [0.29, 0.717) is 39.6 Å². The molecule has 5 rings (SSSR count). The summed E-state index contributed by atoms with van der Waals surface area (Å²) in [6.45, 7) is 3.64. The Bertz CT molecular complexity index is 1390. The summed E-state index contributed by atoms with van der Waals surface area (Å²) >= 11 is 0. The van der Waals surface area contributed by atoms with Gasteiger partial charge in [-0.3, -0.25) is 9.48 Å². The van der Waals surface area contributed by atoms with Crippen LogP contribution in [-0.4, -0.2) is 28.4 Å². The minimum absolute atomic E-state index is 0.0733. The van der Waals surface area contributed by atoms with Crippen LogP contribution in [0, 0.1) is 17.2 Å². The summed E-state index contributed by atoms with van der Waals surface area (Å²) in [5, 5.41) is 17.2. The fourth-order valence-electron chi connectivity index (χ4n) is 4.57. The van der Waals surface area contributed by atoms with E-state index in [9.17, 15) is 18.5 Å². The van der Waals surface area contributed by atoms with Gasteiger partial charge in [0.2, 0.25) is 0 Å². The molecule has 9 heteroatoms. The number of pyridine rings is 1. The fourth-order valence-corrected chi connectivity index (χ4v) is 6.48. The lowest BCUT2D eigenvalue weighted by Crippen LogP contribution is -2.14. The Morgan fingerprint density at radius 2 is 2.10 bits per heavy atom. The van der Waals surface area contributed by atoms with Crippen molar-refractivity contribution >= 4 is 32.2 Å². The van der Waals surface area contributed by atoms with Gasteiger partial charge in [-0.05, 0) is 61.4 Å². The highest BCUT2D eigenvalue weighted by atomic mass is 32.2. The predicted molar refractivity (Wildman–Crippen MR) is 117 cm³/mol. The molecule has 31 heavy (non-hydrogen) atoms. The first-order valence-electron chi connectivity index (χ1n) is 10.4. The van der Waals surface area contributed by atoms with Crippen LogP contribution in [0.1, 0.15) is 50.6 Å². The molecule has 1 aliphatic heterocycles. The number of aromatic amines is 1. The van der Waals surface area contributed by atoms with Crippen LogP contribution in [-0.2, 0) is 9.84 Å². The lowest BCUT2D eigenvalue weighted by Gasteiger charge is -2.14. The van der Waals surface area contributed by atoms with E-state index >= 15 is 0 Å². The lowest BCUT2D eigenvalue weighted by atomic mass is 9.98. The smallest absolute Gasteiger partial charge is 0.261 e. The van der Waals surface area contributed by atoms with Crippen molar-refractivity contribution in [1.82, 2.24) is 14.8 Å². The molecule has 0 bridgehead atoms. The van der Waals surface area contributed by atoms with Gasteiger partial charge in [-0.15, -0.1) is 0 Å². The van der Waals surface area contributed by atoms with Crippen LogP contribution in [0.5, 0.6) is 0 Å². The zero-order valence-corrected chi connectivity index (χ0v) is 18.1. The second-order valence-corrected chi connectivity index (χ2v) is 10.8. The van der Waals surface area contributed by atoms with Gasteiger partial charge in [0.15, 0.2) is 15.7 Å². The fraction of sp³-hybridized carbons (Fsp3) is 0.409. The minimum Gasteiger partial charge on any atom is -0.338 e. The second-order valence-electron chi connectivity index (χ2n) is 8.54. The third-order valence-corrected chi connectivity index (χ3v) is 9.05. The number of rotatable bonds is 5. The molecule has 1 aromatic carbocycles. The molecule has 0 radical (unpaired) electrons. The van der Waals surface area contributed by atoms with Crippen molar-refractivity contribution in [2.45, 2.75) is 55.2 Å².